The van der Waals surface area contributed by atoms with Gasteiger partial charge in [0.25, 0.3) is 5.91 Å². The number of benzene rings is 4. The van der Waals surface area contributed by atoms with Crippen LogP contribution in [0.5, 0.6) is 0 Å². The summed E-state index contributed by atoms with van der Waals surface area (Å²) >= 11 is 0. The molecule has 188 valence electrons. The molecule has 4 heteroatoms. The Kier molecular flexibility index (Phi) is 5.76. The maximum absolute atomic E-state index is 15.0. The van der Waals surface area contributed by atoms with E-state index in [9.17, 15) is 4.79 Å². The monoisotopic (exact) mass is 497 g/mol. The van der Waals surface area contributed by atoms with E-state index in [1.807, 2.05) is 49.4 Å². The van der Waals surface area contributed by atoms with Crippen LogP contribution < -0.4 is 9.91 Å². The second-order valence-corrected chi connectivity index (χ2v) is 10.2. The SMILES string of the molecule is C=C[C@@H]1c2ccccc2N(c2ccccc2C)[C@H](c2ccccc2C)[C@]12C(=O)N(c1ccccc1)N=C2C. The number of amides is 1. The van der Waals surface area contributed by atoms with Gasteiger partial charge in [-0.3, -0.25) is 4.79 Å². The molecule has 6 rings (SSSR count). The maximum Gasteiger partial charge on any atom is 0.262 e. The van der Waals surface area contributed by atoms with Gasteiger partial charge in [0.2, 0.25) is 0 Å². The van der Waals surface area contributed by atoms with Gasteiger partial charge in [-0.15, -0.1) is 6.58 Å². The fourth-order valence-electron chi connectivity index (χ4n) is 6.45. The summed E-state index contributed by atoms with van der Waals surface area (Å²) in [6.45, 7) is 10.6. The molecule has 4 aromatic carbocycles. The van der Waals surface area contributed by atoms with E-state index in [1.54, 1.807) is 5.01 Å². The minimum absolute atomic E-state index is 0.0348. The molecule has 4 nitrogen and oxygen atoms in total. The van der Waals surface area contributed by atoms with Crippen LogP contribution in [0.4, 0.5) is 17.1 Å². The van der Waals surface area contributed by atoms with Crippen molar-refractivity contribution in [3.05, 3.63) is 138 Å². The molecule has 1 amide bonds. The quantitative estimate of drug-likeness (QED) is 0.269. The number of hydrazone groups is 1. The van der Waals surface area contributed by atoms with Crippen molar-refractivity contribution in [2.75, 3.05) is 9.91 Å². The summed E-state index contributed by atoms with van der Waals surface area (Å²) in [7, 11) is 0. The van der Waals surface area contributed by atoms with Crippen molar-refractivity contribution in [2.24, 2.45) is 10.5 Å². The predicted molar refractivity (Wildman–Crippen MR) is 156 cm³/mol. The smallest absolute Gasteiger partial charge is 0.262 e. The third-order valence-corrected chi connectivity index (χ3v) is 8.20. The zero-order valence-electron chi connectivity index (χ0n) is 22.0. The van der Waals surface area contributed by atoms with Crippen molar-refractivity contribution < 1.29 is 4.79 Å². The fourth-order valence-corrected chi connectivity index (χ4v) is 6.45. The summed E-state index contributed by atoms with van der Waals surface area (Å²) < 4.78 is 0. The average Bonchev–Trinajstić information content (AvgIpc) is 3.20. The van der Waals surface area contributed by atoms with E-state index < -0.39 is 5.41 Å². The molecule has 3 atom stereocenters. The van der Waals surface area contributed by atoms with Crippen molar-refractivity contribution >= 4 is 28.7 Å². The predicted octanol–water partition coefficient (Wildman–Crippen LogP) is 7.88. The van der Waals surface area contributed by atoms with Gasteiger partial charge in [-0.1, -0.05) is 84.9 Å². The first kappa shape index (κ1) is 23.9. The molecule has 0 aliphatic carbocycles. The highest BCUT2D eigenvalue weighted by atomic mass is 16.2. The van der Waals surface area contributed by atoms with Gasteiger partial charge in [0.1, 0.15) is 5.41 Å². The number of allylic oxidation sites excluding steroid dienone is 1. The van der Waals surface area contributed by atoms with E-state index in [0.29, 0.717) is 0 Å². The molecular weight excluding hydrogens is 466 g/mol. The molecule has 0 unspecified atom stereocenters. The number of nitrogens with zero attached hydrogens (tertiary/aromatic N) is 3. The molecule has 1 spiro atoms. The Bertz CT molecular complexity index is 1570. The zero-order valence-corrected chi connectivity index (χ0v) is 22.0. The molecule has 0 radical (unpaired) electrons. The van der Waals surface area contributed by atoms with Gasteiger partial charge in [0, 0.05) is 17.3 Å². The number of para-hydroxylation sites is 3. The van der Waals surface area contributed by atoms with E-state index in [4.69, 9.17) is 5.10 Å². The van der Waals surface area contributed by atoms with E-state index in [0.717, 1.165) is 45.0 Å². The molecule has 0 saturated carbocycles. The van der Waals surface area contributed by atoms with E-state index >= 15 is 0 Å². The van der Waals surface area contributed by atoms with Gasteiger partial charge in [-0.05, 0) is 67.3 Å². The number of carbonyl (C=O) groups is 1. The lowest BCUT2D eigenvalue weighted by molar-refractivity contribution is -0.125. The number of rotatable bonds is 4. The molecule has 0 bridgehead atoms. The van der Waals surface area contributed by atoms with E-state index in [2.05, 4.69) is 92.1 Å². The summed E-state index contributed by atoms with van der Waals surface area (Å²) in [6, 6.07) is 34.6. The highest BCUT2D eigenvalue weighted by Gasteiger charge is 2.64. The first-order valence-electron chi connectivity index (χ1n) is 13.1. The van der Waals surface area contributed by atoms with Gasteiger partial charge >= 0.3 is 0 Å². The Hall–Kier alpha value is -4.44. The Labute approximate surface area is 224 Å². The standard InChI is InChI=1S/C34H31N3O/c1-5-29-28-20-12-14-22-31(28)36(30-21-13-10-16-24(30)3)32(27-19-11-9-15-23(27)2)34(29)25(4)35-37(33(34)38)26-17-7-6-8-18-26/h5-22,29,32H,1H2,2-4H3/t29-,32-,34-/m1/s1. The van der Waals surface area contributed by atoms with Gasteiger partial charge < -0.3 is 4.90 Å². The summed E-state index contributed by atoms with van der Waals surface area (Å²) in [5, 5.41) is 6.57. The molecular formula is C34H31N3O. The third kappa shape index (κ3) is 3.30. The second kappa shape index (κ2) is 9.14. The highest BCUT2D eigenvalue weighted by molar-refractivity contribution is 6.21. The van der Waals surface area contributed by atoms with Crippen molar-refractivity contribution in [3.8, 4) is 0 Å². The second-order valence-electron chi connectivity index (χ2n) is 10.2. The van der Waals surface area contributed by atoms with Crippen LogP contribution in [0.2, 0.25) is 0 Å². The number of fused-ring (bicyclic) bond motifs is 1. The van der Waals surface area contributed by atoms with Crippen LogP contribution in [-0.4, -0.2) is 11.6 Å². The Morgan fingerprint density at radius 1 is 0.737 bits per heavy atom. The normalized spacial score (nSPS) is 22.4. The minimum atomic E-state index is -1.000. The van der Waals surface area contributed by atoms with Gasteiger partial charge in [-0.25, -0.2) is 0 Å². The van der Waals surface area contributed by atoms with Crippen LogP contribution in [0.15, 0.2) is 121 Å². The zero-order chi connectivity index (χ0) is 26.4. The van der Waals surface area contributed by atoms with Crippen molar-refractivity contribution in [3.63, 3.8) is 0 Å². The van der Waals surface area contributed by atoms with Crippen LogP contribution in [0.25, 0.3) is 0 Å². The fraction of sp³-hybridized carbons (Fsp3) is 0.176. The Morgan fingerprint density at radius 2 is 1.32 bits per heavy atom. The lowest BCUT2D eigenvalue weighted by Gasteiger charge is -2.53. The van der Waals surface area contributed by atoms with Crippen LogP contribution in [-0.2, 0) is 4.79 Å². The number of aryl methyl sites for hydroxylation is 2. The molecule has 2 aliphatic rings. The number of hydrogen-bond donors (Lipinski definition) is 0. The highest BCUT2D eigenvalue weighted by Crippen LogP contribution is 2.62. The summed E-state index contributed by atoms with van der Waals surface area (Å²) in [5.74, 6) is -0.305. The van der Waals surface area contributed by atoms with E-state index in [-0.39, 0.29) is 17.9 Å². The van der Waals surface area contributed by atoms with Crippen molar-refractivity contribution in [1.82, 2.24) is 0 Å². The van der Waals surface area contributed by atoms with Crippen LogP contribution in [0.3, 0.4) is 0 Å². The molecule has 2 aliphatic heterocycles. The van der Waals surface area contributed by atoms with Crippen LogP contribution >= 0.6 is 0 Å². The molecule has 4 aromatic rings. The molecule has 38 heavy (non-hydrogen) atoms. The van der Waals surface area contributed by atoms with Gasteiger partial charge in [0.05, 0.1) is 17.4 Å². The first-order valence-corrected chi connectivity index (χ1v) is 13.1. The molecule has 2 heterocycles. The topological polar surface area (TPSA) is 35.9 Å². The van der Waals surface area contributed by atoms with Gasteiger partial charge in [0.15, 0.2) is 0 Å². The Balaban J connectivity index is 1.72. The number of anilines is 3. The largest absolute Gasteiger partial charge is 0.332 e. The summed E-state index contributed by atoms with van der Waals surface area (Å²) in [6.07, 6.45) is 1.95. The number of carbonyl (C=O) groups excluding carboxylic acids is 1. The van der Waals surface area contributed by atoms with E-state index in [1.165, 1.54) is 0 Å². The van der Waals surface area contributed by atoms with Crippen LogP contribution in [0, 0.1) is 19.3 Å². The first-order chi connectivity index (χ1) is 18.5. The van der Waals surface area contributed by atoms with Crippen molar-refractivity contribution in [1.29, 1.82) is 0 Å². The Morgan fingerprint density at radius 3 is 1.97 bits per heavy atom. The van der Waals surface area contributed by atoms with Crippen LogP contribution in [0.1, 0.15) is 41.1 Å². The lowest BCUT2D eigenvalue weighted by Crippen LogP contribution is -2.55. The molecule has 0 fully saturated rings. The molecule has 0 aromatic heterocycles. The summed E-state index contributed by atoms with van der Waals surface area (Å²) in [4.78, 5) is 17.3. The summed E-state index contributed by atoms with van der Waals surface area (Å²) in [5.41, 5.74) is 7.19. The number of hydrogen-bond acceptors (Lipinski definition) is 3. The minimum Gasteiger partial charge on any atom is -0.332 e. The molecule has 0 N–H and O–H groups in total. The van der Waals surface area contributed by atoms with Gasteiger partial charge in [-0.2, -0.15) is 10.1 Å². The van der Waals surface area contributed by atoms with Crippen molar-refractivity contribution in [2.45, 2.75) is 32.7 Å². The third-order valence-electron chi connectivity index (χ3n) is 8.20. The average molecular weight is 498 g/mol. The lowest BCUT2D eigenvalue weighted by atomic mass is 9.59. The molecule has 0 saturated heterocycles. The maximum atomic E-state index is 15.0.